The van der Waals surface area contributed by atoms with Gasteiger partial charge >= 0.3 is 0 Å². The maximum Gasteiger partial charge on any atom is 0.123 e. The van der Waals surface area contributed by atoms with E-state index in [1.807, 2.05) is 7.05 Å². The van der Waals surface area contributed by atoms with Crippen LogP contribution >= 0.6 is 0 Å². The Bertz CT molecular complexity index is 324. The smallest absolute Gasteiger partial charge is 0.123 e. The third-order valence-corrected chi connectivity index (χ3v) is 2.51. The molecule has 1 rings (SSSR count). The minimum atomic E-state index is 0.802. The Balaban J connectivity index is 2.80. The predicted molar refractivity (Wildman–Crippen MR) is 63.2 cm³/mol. The van der Waals surface area contributed by atoms with Crippen molar-refractivity contribution in [3.8, 4) is 5.75 Å². The minimum Gasteiger partial charge on any atom is -0.496 e. The summed E-state index contributed by atoms with van der Waals surface area (Å²) in [5.41, 5.74) is 3.78. The Labute approximate surface area is 91.8 Å². The van der Waals surface area contributed by atoms with Crippen molar-refractivity contribution >= 4 is 0 Å². The van der Waals surface area contributed by atoms with E-state index in [1.54, 1.807) is 7.11 Å². The molecule has 0 aliphatic rings. The van der Waals surface area contributed by atoms with Crippen LogP contribution in [-0.4, -0.2) is 20.8 Å². The summed E-state index contributed by atoms with van der Waals surface area (Å²) in [4.78, 5) is 0. The minimum absolute atomic E-state index is 0.802. The highest BCUT2D eigenvalue weighted by Gasteiger charge is 2.04. The number of hydrogen-bond donors (Lipinski definition) is 2. The molecule has 3 nitrogen and oxygen atoms in total. The van der Waals surface area contributed by atoms with Gasteiger partial charge < -0.3 is 15.4 Å². The zero-order valence-corrected chi connectivity index (χ0v) is 9.98. The standard InChI is InChI=1S/C12H20N2O/c1-9-5-11(7-14-8-13-3)12(15-4)6-10(9)2/h5-6,13-14H,7-8H2,1-4H3. The molecular weight excluding hydrogens is 188 g/mol. The van der Waals surface area contributed by atoms with Crippen LogP contribution in [0.4, 0.5) is 0 Å². The van der Waals surface area contributed by atoms with Crippen LogP contribution in [0.25, 0.3) is 0 Å². The Morgan fingerprint density at radius 2 is 1.87 bits per heavy atom. The van der Waals surface area contributed by atoms with Crippen molar-refractivity contribution in [2.75, 3.05) is 20.8 Å². The van der Waals surface area contributed by atoms with Crippen molar-refractivity contribution in [3.63, 3.8) is 0 Å². The molecule has 0 saturated heterocycles. The van der Waals surface area contributed by atoms with E-state index in [-0.39, 0.29) is 0 Å². The van der Waals surface area contributed by atoms with Crippen molar-refractivity contribution in [1.29, 1.82) is 0 Å². The van der Waals surface area contributed by atoms with Gasteiger partial charge in [-0.25, -0.2) is 0 Å². The maximum absolute atomic E-state index is 5.35. The molecule has 0 aromatic heterocycles. The van der Waals surface area contributed by atoms with E-state index in [4.69, 9.17) is 4.74 Å². The molecule has 0 atom stereocenters. The average Bonchev–Trinajstić information content (AvgIpc) is 2.23. The third kappa shape index (κ3) is 3.22. The number of ether oxygens (including phenoxy) is 1. The van der Waals surface area contributed by atoms with E-state index in [0.29, 0.717) is 0 Å². The van der Waals surface area contributed by atoms with E-state index in [0.717, 1.165) is 19.0 Å². The zero-order chi connectivity index (χ0) is 11.3. The molecule has 0 aliphatic carbocycles. The Kier molecular flexibility index (Phi) is 4.59. The van der Waals surface area contributed by atoms with Gasteiger partial charge in [0.05, 0.1) is 7.11 Å². The van der Waals surface area contributed by atoms with Crippen molar-refractivity contribution in [1.82, 2.24) is 10.6 Å². The summed E-state index contributed by atoms with van der Waals surface area (Å²) in [6.45, 7) is 5.85. The molecular formula is C12H20N2O. The van der Waals surface area contributed by atoms with Gasteiger partial charge in [-0.05, 0) is 38.1 Å². The van der Waals surface area contributed by atoms with Crippen LogP contribution in [0.2, 0.25) is 0 Å². The zero-order valence-electron chi connectivity index (χ0n) is 9.98. The molecule has 0 saturated carbocycles. The molecule has 0 fully saturated rings. The van der Waals surface area contributed by atoms with Gasteiger partial charge in [0, 0.05) is 18.8 Å². The second-order valence-electron chi connectivity index (χ2n) is 3.71. The lowest BCUT2D eigenvalue weighted by atomic mass is 10.1. The first kappa shape index (κ1) is 12.0. The number of hydrogen-bond acceptors (Lipinski definition) is 3. The van der Waals surface area contributed by atoms with Gasteiger partial charge in [-0.2, -0.15) is 0 Å². The first-order chi connectivity index (χ1) is 7.19. The van der Waals surface area contributed by atoms with Gasteiger partial charge in [0.2, 0.25) is 0 Å². The first-order valence-electron chi connectivity index (χ1n) is 5.18. The van der Waals surface area contributed by atoms with Gasteiger partial charge in [-0.15, -0.1) is 0 Å². The Morgan fingerprint density at radius 1 is 1.20 bits per heavy atom. The van der Waals surface area contributed by atoms with E-state index in [1.165, 1.54) is 16.7 Å². The number of methoxy groups -OCH3 is 1. The summed E-state index contributed by atoms with van der Waals surface area (Å²) in [5, 5.41) is 6.33. The summed E-state index contributed by atoms with van der Waals surface area (Å²) in [5.74, 6) is 0.960. The third-order valence-electron chi connectivity index (χ3n) is 2.51. The molecule has 0 unspecified atom stereocenters. The lowest BCUT2D eigenvalue weighted by molar-refractivity contribution is 0.407. The van der Waals surface area contributed by atoms with Crippen LogP contribution in [-0.2, 0) is 6.54 Å². The number of aryl methyl sites for hydroxylation is 2. The number of benzene rings is 1. The van der Waals surface area contributed by atoms with Gasteiger partial charge in [-0.3, -0.25) is 0 Å². The summed E-state index contributed by atoms with van der Waals surface area (Å²) in [6.07, 6.45) is 0. The normalized spacial score (nSPS) is 10.4. The highest BCUT2D eigenvalue weighted by atomic mass is 16.5. The second kappa shape index (κ2) is 5.73. The lowest BCUT2D eigenvalue weighted by Gasteiger charge is -2.12. The van der Waals surface area contributed by atoms with E-state index < -0.39 is 0 Å². The second-order valence-corrected chi connectivity index (χ2v) is 3.71. The topological polar surface area (TPSA) is 33.3 Å². The van der Waals surface area contributed by atoms with Gasteiger partial charge in [0.15, 0.2) is 0 Å². The Hall–Kier alpha value is -1.06. The van der Waals surface area contributed by atoms with E-state index in [9.17, 15) is 0 Å². The van der Waals surface area contributed by atoms with Crippen LogP contribution in [0.15, 0.2) is 12.1 Å². The Morgan fingerprint density at radius 3 is 2.47 bits per heavy atom. The molecule has 0 radical (unpaired) electrons. The van der Waals surface area contributed by atoms with Gasteiger partial charge in [-0.1, -0.05) is 6.07 Å². The molecule has 3 heteroatoms. The molecule has 15 heavy (non-hydrogen) atoms. The fourth-order valence-corrected chi connectivity index (χ4v) is 1.50. The average molecular weight is 208 g/mol. The molecule has 0 heterocycles. The summed E-state index contributed by atoms with van der Waals surface area (Å²) < 4.78 is 5.35. The molecule has 0 amide bonds. The van der Waals surface area contributed by atoms with Gasteiger partial charge in [0.25, 0.3) is 0 Å². The van der Waals surface area contributed by atoms with E-state index in [2.05, 4.69) is 36.6 Å². The first-order valence-corrected chi connectivity index (χ1v) is 5.18. The fourth-order valence-electron chi connectivity index (χ4n) is 1.50. The molecule has 0 aliphatic heterocycles. The fraction of sp³-hybridized carbons (Fsp3) is 0.500. The van der Waals surface area contributed by atoms with Crippen molar-refractivity contribution < 1.29 is 4.74 Å². The predicted octanol–water partition coefficient (Wildman–Crippen LogP) is 1.58. The molecule has 0 bridgehead atoms. The largest absolute Gasteiger partial charge is 0.496 e. The number of nitrogens with one attached hydrogen (secondary N) is 2. The molecule has 1 aromatic rings. The maximum atomic E-state index is 5.35. The number of rotatable bonds is 5. The molecule has 84 valence electrons. The lowest BCUT2D eigenvalue weighted by Crippen LogP contribution is -2.25. The van der Waals surface area contributed by atoms with Crippen molar-refractivity contribution in [2.45, 2.75) is 20.4 Å². The molecule has 2 N–H and O–H groups in total. The van der Waals surface area contributed by atoms with Crippen LogP contribution in [0.1, 0.15) is 16.7 Å². The summed E-state index contributed by atoms with van der Waals surface area (Å²) >= 11 is 0. The van der Waals surface area contributed by atoms with Crippen LogP contribution < -0.4 is 15.4 Å². The van der Waals surface area contributed by atoms with E-state index >= 15 is 0 Å². The molecule has 0 spiro atoms. The monoisotopic (exact) mass is 208 g/mol. The van der Waals surface area contributed by atoms with Gasteiger partial charge in [0.1, 0.15) is 5.75 Å². The summed E-state index contributed by atoms with van der Waals surface area (Å²) in [7, 11) is 3.64. The molecule has 1 aromatic carbocycles. The highest BCUT2D eigenvalue weighted by Crippen LogP contribution is 2.22. The highest BCUT2D eigenvalue weighted by molar-refractivity contribution is 5.41. The van der Waals surface area contributed by atoms with Crippen molar-refractivity contribution in [3.05, 3.63) is 28.8 Å². The van der Waals surface area contributed by atoms with Crippen LogP contribution in [0, 0.1) is 13.8 Å². The van der Waals surface area contributed by atoms with Crippen LogP contribution in [0.3, 0.4) is 0 Å². The van der Waals surface area contributed by atoms with Crippen molar-refractivity contribution in [2.24, 2.45) is 0 Å². The quantitative estimate of drug-likeness (QED) is 0.569. The SMILES string of the molecule is CNCNCc1cc(C)c(C)cc1OC. The van der Waals surface area contributed by atoms with Crippen LogP contribution in [0.5, 0.6) is 5.75 Å². The summed E-state index contributed by atoms with van der Waals surface area (Å²) in [6, 6.07) is 4.27.